The highest BCUT2D eigenvalue weighted by Crippen LogP contribution is 2.37. The van der Waals surface area contributed by atoms with Crippen LogP contribution in [0.15, 0.2) is 41.3 Å². The van der Waals surface area contributed by atoms with Crippen molar-refractivity contribution in [2.45, 2.75) is 6.61 Å². The number of thioether (sulfide) groups is 1. The Bertz CT molecular complexity index is 946. The molecule has 1 fully saturated rings. The van der Waals surface area contributed by atoms with Gasteiger partial charge in [-0.3, -0.25) is 14.5 Å². The van der Waals surface area contributed by atoms with Crippen LogP contribution < -0.4 is 4.74 Å². The van der Waals surface area contributed by atoms with Crippen LogP contribution in [0.2, 0.25) is 0 Å². The molecule has 1 heterocycles. The highest BCUT2D eigenvalue weighted by atomic mass is 32.2. The summed E-state index contributed by atoms with van der Waals surface area (Å²) in [5.74, 6) is -1.87. The standard InChI is InChI=1S/C17H11F2NO4S2/c18-16(19)24-12-6-5-9-3-1-2-4-10(9)11(12)7-13-15(23)20(8-14(21)22)17(25)26-13/h1-7,16H,8H2,(H,21,22)/b13-7-. The summed E-state index contributed by atoms with van der Waals surface area (Å²) in [5, 5.41) is 10.3. The van der Waals surface area contributed by atoms with Gasteiger partial charge in [-0.05, 0) is 22.9 Å². The number of aliphatic carboxylic acids is 1. The third kappa shape index (κ3) is 3.68. The summed E-state index contributed by atoms with van der Waals surface area (Å²) >= 11 is 5.96. The van der Waals surface area contributed by atoms with Gasteiger partial charge in [-0.15, -0.1) is 0 Å². The number of hydrogen-bond acceptors (Lipinski definition) is 5. The maximum atomic E-state index is 12.7. The molecule has 5 nitrogen and oxygen atoms in total. The molecule has 0 aromatic heterocycles. The number of carbonyl (C=O) groups is 2. The van der Waals surface area contributed by atoms with Crippen LogP contribution in [0.3, 0.4) is 0 Å². The van der Waals surface area contributed by atoms with E-state index in [4.69, 9.17) is 17.3 Å². The van der Waals surface area contributed by atoms with E-state index in [2.05, 4.69) is 4.74 Å². The van der Waals surface area contributed by atoms with Crippen molar-refractivity contribution in [1.82, 2.24) is 4.90 Å². The Morgan fingerprint density at radius 3 is 2.73 bits per heavy atom. The number of thiocarbonyl (C=S) groups is 1. The van der Waals surface area contributed by atoms with Crippen molar-refractivity contribution in [3.05, 3.63) is 46.9 Å². The second-order valence-electron chi connectivity index (χ2n) is 5.24. The number of nitrogens with zero attached hydrogens (tertiary/aromatic N) is 1. The third-order valence-electron chi connectivity index (χ3n) is 3.59. The fourth-order valence-corrected chi connectivity index (χ4v) is 3.76. The van der Waals surface area contributed by atoms with Crippen LogP contribution in [0.5, 0.6) is 5.75 Å². The van der Waals surface area contributed by atoms with Gasteiger partial charge < -0.3 is 9.84 Å². The SMILES string of the molecule is O=C(O)CN1C(=O)/C(=C/c2c(OC(F)F)ccc3ccccc23)SC1=S. The predicted octanol–water partition coefficient (Wildman–Crippen LogP) is 3.73. The Balaban J connectivity index is 2.09. The van der Waals surface area contributed by atoms with Gasteiger partial charge in [0, 0.05) is 5.56 Å². The van der Waals surface area contributed by atoms with Gasteiger partial charge in [0.2, 0.25) is 0 Å². The molecular weight excluding hydrogens is 384 g/mol. The Labute approximate surface area is 156 Å². The Morgan fingerprint density at radius 1 is 1.31 bits per heavy atom. The molecule has 0 atom stereocenters. The van der Waals surface area contributed by atoms with Crippen LogP contribution in [-0.2, 0) is 9.59 Å². The normalized spacial score (nSPS) is 16.1. The molecule has 3 rings (SSSR count). The van der Waals surface area contributed by atoms with Crippen molar-refractivity contribution in [3.8, 4) is 5.75 Å². The molecule has 9 heteroatoms. The number of hydrogen-bond donors (Lipinski definition) is 1. The van der Waals surface area contributed by atoms with Gasteiger partial charge in [-0.25, -0.2) is 0 Å². The number of rotatable bonds is 5. The van der Waals surface area contributed by atoms with Gasteiger partial charge in [-0.1, -0.05) is 54.3 Å². The number of benzene rings is 2. The van der Waals surface area contributed by atoms with Gasteiger partial charge in [0.1, 0.15) is 16.6 Å². The van der Waals surface area contributed by atoms with E-state index in [0.29, 0.717) is 10.9 Å². The van der Waals surface area contributed by atoms with Crippen LogP contribution in [0.25, 0.3) is 16.8 Å². The highest BCUT2D eigenvalue weighted by Gasteiger charge is 2.33. The molecule has 1 amide bonds. The average Bonchev–Trinajstić information content (AvgIpc) is 2.83. The minimum atomic E-state index is -3.02. The molecule has 0 saturated carbocycles. The van der Waals surface area contributed by atoms with E-state index in [-0.39, 0.29) is 15.0 Å². The molecule has 0 bridgehead atoms. The lowest BCUT2D eigenvalue weighted by Crippen LogP contribution is -2.33. The first kappa shape index (κ1) is 18.3. The smallest absolute Gasteiger partial charge is 0.387 e. The fraction of sp³-hybridized carbons (Fsp3) is 0.118. The van der Waals surface area contributed by atoms with Crippen LogP contribution in [0.4, 0.5) is 8.78 Å². The molecule has 1 saturated heterocycles. The minimum absolute atomic E-state index is 0.0813. The van der Waals surface area contributed by atoms with Crippen molar-refractivity contribution < 1.29 is 28.2 Å². The molecule has 26 heavy (non-hydrogen) atoms. The number of fused-ring (bicyclic) bond motifs is 1. The van der Waals surface area contributed by atoms with Crippen LogP contribution in [0, 0.1) is 0 Å². The highest BCUT2D eigenvalue weighted by molar-refractivity contribution is 8.26. The lowest BCUT2D eigenvalue weighted by Gasteiger charge is -2.12. The van der Waals surface area contributed by atoms with Crippen molar-refractivity contribution >= 4 is 57.0 Å². The number of ether oxygens (including phenoxy) is 1. The van der Waals surface area contributed by atoms with Gasteiger partial charge in [-0.2, -0.15) is 8.78 Å². The molecule has 0 spiro atoms. The first-order valence-corrected chi connectivity index (χ1v) is 8.53. The van der Waals surface area contributed by atoms with Crippen molar-refractivity contribution in [2.24, 2.45) is 0 Å². The van der Waals surface area contributed by atoms with Crippen molar-refractivity contribution in [3.63, 3.8) is 0 Å². The second kappa shape index (κ2) is 7.38. The van der Waals surface area contributed by atoms with Gasteiger partial charge in [0.25, 0.3) is 5.91 Å². The molecule has 1 aliphatic rings. The number of amides is 1. The van der Waals surface area contributed by atoms with Crippen molar-refractivity contribution in [1.29, 1.82) is 0 Å². The summed E-state index contributed by atoms with van der Waals surface area (Å²) in [7, 11) is 0. The van der Waals surface area contributed by atoms with E-state index < -0.39 is 25.0 Å². The zero-order chi connectivity index (χ0) is 18.8. The summed E-state index contributed by atoms with van der Waals surface area (Å²) in [5.41, 5.74) is 0.305. The van der Waals surface area contributed by atoms with Crippen LogP contribution in [0.1, 0.15) is 5.56 Å². The van der Waals surface area contributed by atoms with Crippen LogP contribution >= 0.6 is 24.0 Å². The van der Waals surface area contributed by atoms with E-state index >= 15 is 0 Å². The van der Waals surface area contributed by atoms with E-state index in [1.807, 2.05) is 0 Å². The second-order valence-corrected chi connectivity index (χ2v) is 6.91. The number of halogens is 2. The maximum absolute atomic E-state index is 12.7. The topological polar surface area (TPSA) is 66.8 Å². The van der Waals surface area contributed by atoms with Gasteiger partial charge >= 0.3 is 12.6 Å². The summed E-state index contributed by atoms with van der Waals surface area (Å²) in [4.78, 5) is 24.4. The predicted molar refractivity (Wildman–Crippen MR) is 98.1 cm³/mol. The Hall–Kier alpha value is -2.52. The fourth-order valence-electron chi connectivity index (χ4n) is 2.53. The molecule has 1 N–H and O–H groups in total. The van der Waals surface area contributed by atoms with Crippen molar-refractivity contribution in [2.75, 3.05) is 6.54 Å². The molecule has 0 radical (unpaired) electrons. The summed E-state index contributed by atoms with van der Waals surface area (Å²) in [6, 6.07) is 10.1. The first-order chi connectivity index (χ1) is 12.4. The van der Waals surface area contributed by atoms with E-state index in [0.717, 1.165) is 22.0 Å². The Kier molecular flexibility index (Phi) is 5.19. The van der Waals surface area contributed by atoms with E-state index in [1.165, 1.54) is 12.1 Å². The lowest BCUT2D eigenvalue weighted by atomic mass is 10.0. The quantitative estimate of drug-likeness (QED) is 0.615. The lowest BCUT2D eigenvalue weighted by molar-refractivity contribution is -0.140. The zero-order valence-corrected chi connectivity index (χ0v) is 14.7. The minimum Gasteiger partial charge on any atom is -0.480 e. The number of alkyl halides is 2. The summed E-state index contributed by atoms with van der Waals surface area (Å²) in [6.07, 6.45) is 1.40. The summed E-state index contributed by atoms with van der Waals surface area (Å²) in [6.45, 7) is -3.58. The number of carboxylic acids is 1. The molecule has 1 aliphatic heterocycles. The van der Waals surface area contributed by atoms with Crippen LogP contribution in [-0.4, -0.2) is 39.4 Å². The van der Waals surface area contributed by atoms with E-state index in [1.54, 1.807) is 30.3 Å². The number of carbonyl (C=O) groups excluding carboxylic acids is 1. The molecule has 2 aromatic carbocycles. The number of carboxylic acid groups (broad SMARTS) is 1. The largest absolute Gasteiger partial charge is 0.480 e. The van der Waals surface area contributed by atoms with Gasteiger partial charge in [0.05, 0.1) is 4.91 Å². The van der Waals surface area contributed by atoms with E-state index in [9.17, 15) is 18.4 Å². The molecular formula is C17H11F2NO4S2. The molecule has 0 aliphatic carbocycles. The monoisotopic (exact) mass is 395 g/mol. The summed E-state index contributed by atoms with van der Waals surface area (Å²) < 4.78 is 30.2. The Morgan fingerprint density at radius 2 is 2.04 bits per heavy atom. The van der Waals surface area contributed by atoms with Gasteiger partial charge in [0.15, 0.2) is 0 Å². The average molecular weight is 395 g/mol. The molecule has 2 aromatic rings. The molecule has 0 unspecified atom stereocenters. The molecule has 134 valence electrons. The first-order valence-electron chi connectivity index (χ1n) is 7.30. The maximum Gasteiger partial charge on any atom is 0.387 e. The third-order valence-corrected chi connectivity index (χ3v) is 4.97. The zero-order valence-electron chi connectivity index (χ0n) is 13.0.